The number of hydrogen-bond donors (Lipinski definition) is 1. The first kappa shape index (κ1) is 14.2. The molecule has 104 valence electrons. The van der Waals surface area contributed by atoms with Crippen molar-refractivity contribution >= 4 is 27.7 Å². The van der Waals surface area contributed by atoms with E-state index in [1.54, 1.807) is 0 Å². The Balaban J connectivity index is 1.82. The predicted molar refractivity (Wildman–Crippen MR) is 89.3 cm³/mol. The van der Waals surface area contributed by atoms with E-state index in [0.717, 1.165) is 17.1 Å². The van der Waals surface area contributed by atoms with Gasteiger partial charge in [-0.05, 0) is 49.1 Å². The molecule has 2 aromatic rings. The van der Waals surface area contributed by atoms with Gasteiger partial charge in [0.15, 0.2) is 0 Å². The van der Waals surface area contributed by atoms with E-state index in [9.17, 15) is 0 Å². The number of rotatable bonds is 5. The average molecular weight is 348 g/mol. The highest BCUT2D eigenvalue weighted by Crippen LogP contribution is 2.34. The summed E-state index contributed by atoms with van der Waals surface area (Å²) in [6, 6.07) is 15.9. The van der Waals surface area contributed by atoms with Crippen LogP contribution in [0.2, 0.25) is 0 Å². The molecular weight excluding hydrogens is 330 g/mol. The molecule has 1 aliphatic rings. The molecule has 1 nitrogen and oxygen atoms in total. The van der Waals surface area contributed by atoms with Gasteiger partial charge in [-0.1, -0.05) is 52.0 Å². The molecule has 0 aromatic heterocycles. The standard InChI is InChI=1S/C17H18BrNS/c1-12-4-2-3-5-16(12)20-17-10-14(18)7-6-13(17)11-19-15-8-9-15/h2-7,10,15,19H,8-9,11H2,1H3. The summed E-state index contributed by atoms with van der Waals surface area (Å²) < 4.78 is 1.14. The van der Waals surface area contributed by atoms with Gasteiger partial charge in [-0.25, -0.2) is 0 Å². The molecule has 0 saturated heterocycles. The zero-order valence-corrected chi connectivity index (χ0v) is 13.9. The summed E-state index contributed by atoms with van der Waals surface area (Å²) in [4.78, 5) is 2.67. The van der Waals surface area contributed by atoms with Gasteiger partial charge < -0.3 is 5.32 Å². The van der Waals surface area contributed by atoms with Crippen LogP contribution in [0.4, 0.5) is 0 Å². The smallest absolute Gasteiger partial charge is 0.0219 e. The molecule has 0 aliphatic heterocycles. The van der Waals surface area contributed by atoms with E-state index in [1.807, 2.05) is 11.8 Å². The first-order chi connectivity index (χ1) is 9.72. The Morgan fingerprint density at radius 1 is 1.15 bits per heavy atom. The van der Waals surface area contributed by atoms with Crippen molar-refractivity contribution < 1.29 is 0 Å². The molecular formula is C17H18BrNS. The normalized spacial score (nSPS) is 14.5. The first-order valence-electron chi connectivity index (χ1n) is 6.97. The van der Waals surface area contributed by atoms with Crippen LogP contribution in [0, 0.1) is 6.92 Å². The number of benzene rings is 2. The first-order valence-corrected chi connectivity index (χ1v) is 8.58. The molecule has 3 heteroatoms. The van der Waals surface area contributed by atoms with Gasteiger partial charge in [0.25, 0.3) is 0 Å². The Morgan fingerprint density at radius 2 is 1.95 bits per heavy atom. The monoisotopic (exact) mass is 347 g/mol. The summed E-state index contributed by atoms with van der Waals surface area (Å²) in [5, 5.41) is 3.60. The Morgan fingerprint density at radius 3 is 2.70 bits per heavy atom. The Bertz CT molecular complexity index is 608. The van der Waals surface area contributed by atoms with E-state index in [-0.39, 0.29) is 0 Å². The zero-order valence-electron chi connectivity index (χ0n) is 11.5. The third-order valence-electron chi connectivity index (χ3n) is 3.50. The summed E-state index contributed by atoms with van der Waals surface area (Å²) in [6.07, 6.45) is 2.66. The molecule has 0 bridgehead atoms. The van der Waals surface area contributed by atoms with Crippen molar-refractivity contribution in [1.29, 1.82) is 0 Å². The van der Waals surface area contributed by atoms with Crippen LogP contribution in [0.1, 0.15) is 24.0 Å². The summed E-state index contributed by atoms with van der Waals surface area (Å²) in [5.41, 5.74) is 2.71. The minimum absolute atomic E-state index is 0.745. The summed E-state index contributed by atoms with van der Waals surface area (Å²) in [7, 11) is 0. The van der Waals surface area contributed by atoms with E-state index in [2.05, 4.69) is 70.6 Å². The maximum absolute atomic E-state index is 3.60. The molecule has 0 spiro atoms. The van der Waals surface area contributed by atoms with Gasteiger partial charge in [-0.3, -0.25) is 0 Å². The molecule has 3 rings (SSSR count). The third kappa shape index (κ3) is 3.66. The molecule has 0 atom stereocenters. The fourth-order valence-corrected chi connectivity index (χ4v) is 3.68. The van der Waals surface area contributed by atoms with Crippen LogP contribution in [0.15, 0.2) is 56.7 Å². The van der Waals surface area contributed by atoms with E-state index in [0.29, 0.717) is 0 Å². The van der Waals surface area contributed by atoms with Gasteiger partial charge in [0.2, 0.25) is 0 Å². The van der Waals surface area contributed by atoms with Crippen molar-refractivity contribution in [3.63, 3.8) is 0 Å². The fourth-order valence-electron chi connectivity index (χ4n) is 2.10. The van der Waals surface area contributed by atoms with E-state index < -0.39 is 0 Å². The number of nitrogens with one attached hydrogen (secondary N) is 1. The SMILES string of the molecule is Cc1ccccc1Sc1cc(Br)ccc1CNC1CC1. The van der Waals surface area contributed by atoms with Crippen molar-refractivity contribution in [3.8, 4) is 0 Å². The van der Waals surface area contributed by atoms with E-state index >= 15 is 0 Å². The maximum atomic E-state index is 3.60. The van der Waals surface area contributed by atoms with Gasteiger partial charge >= 0.3 is 0 Å². The topological polar surface area (TPSA) is 12.0 Å². The zero-order chi connectivity index (χ0) is 13.9. The van der Waals surface area contributed by atoms with Gasteiger partial charge in [-0.2, -0.15) is 0 Å². The maximum Gasteiger partial charge on any atom is 0.0219 e. The van der Waals surface area contributed by atoms with E-state index in [1.165, 1.54) is 33.8 Å². The van der Waals surface area contributed by atoms with Gasteiger partial charge in [0.1, 0.15) is 0 Å². The molecule has 0 amide bonds. The lowest BCUT2D eigenvalue weighted by Gasteiger charge is -2.12. The van der Waals surface area contributed by atoms with Crippen molar-refractivity contribution in [2.75, 3.05) is 0 Å². The number of halogens is 1. The highest BCUT2D eigenvalue weighted by Gasteiger charge is 2.20. The second kappa shape index (κ2) is 6.33. The van der Waals surface area contributed by atoms with Gasteiger partial charge in [0.05, 0.1) is 0 Å². The highest BCUT2D eigenvalue weighted by molar-refractivity contribution is 9.10. The predicted octanol–water partition coefficient (Wildman–Crippen LogP) is 5.16. The Labute approximate surface area is 133 Å². The van der Waals surface area contributed by atoms with Crippen LogP contribution in [-0.2, 0) is 6.54 Å². The minimum Gasteiger partial charge on any atom is -0.310 e. The van der Waals surface area contributed by atoms with Crippen LogP contribution < -0.4 is 5.32 Å². The minimum atomic E-state index is 0.745. The van der Waals surface area contributed by atoms with Crippen LogP contribution in [0.3, 0.4) is 0 Å². The molecule has 1 fully saturated rings. The van der Waals surface area contributed by atoms with Crippen molar-refractivity contribution in [2.24, 2.45) is 0 Å². The van der Waals surface area contributed by atoms with Crippen LogP contribution in [-0.4, -0.2) is 6.04 Å². The lowest BCUT2D eigenvalue weighted by atomic mass is 10.2. The molecule has 0 heterocycles. The lowest BCUT2D eigenvalue weighted by molar-refractivity contribution is 0.680. The van der Waals surface area contributed by atoms with E-state index in [4.69, 9.17) is 0 Å². The second-order valence-electron chi connectivity index (χ2n) is 5.27. The highest BCUT2D eigenvalue weighted by atomic mass is 79.9. The van der Waals surface area contributed by atoms with Crippen molar-refractivity contribution in [2.45, 2.75) is 42.1 Å². The molecule has 20 heavy (non-hydrogen) atoms. The summed E-state index contributed by atoms with van der Waals surface area (Å²) in [6.45, 7) is 3.13. The van der Waals surface area contributed by atoms with Crippen molar-refractivity contribution in [3.05, 3.63) is 58.1 Å². The quantitative estimate of drug-likeness (QED) is 0.801. The molecule has 0 radical (unpaired) electrons. The number of aryl methyl sites for hydroxylation is 1. The van der Waals surface area contributed by atoms with Crippen LogP contribution >= 0.6 is 27.7 Å². The van der Waals surface area contributed by atoms with Crippen LogP contribution in [0.5, 0.6) is 0 Å². The lowest BCUT2D eigenvalue weighted by Crippen LogP contribution is -2.15. The largest absolute Gasteiger partial charge is 0.310 e. The van der Waals surface area contributed by atoms with Crippen LogP contribution in [0.25, 0.3) is 0 Å². The van der Waals surface area contributed by atoms with Crippen molar-refractivity contribution in [1.82, 2.24) is 5.32 Å². The summed E-state index contributed by atoms with van der Waals surface area (Å²) >= 11 is 5.44. The number of hydrogen-bond acceptors (Lipinski definition) is 2. The molecule has 1 N–H and O–H groups in total. The molecule has 1 saturated carbocycles. The summed E-state index contributed by atoms with van der Waals surface area (Å²) in [5.74, 6) is 0. The third-order valence-corrected chi connectivity index (χ3v) is 5.27. The second-order valence-corrected chi connectivity index (χ2v) is 7.27. The molecule has 0 unspecified atom stereocenters. The Kier molecular flexibility index (Phi) is 4.49. The van der Waals surface area contributed by atoms with Gasteiger partial charge in [0, 0.05) is 26.9 Å². The average Bonchev–Trinajstić information content (AvgIpc) is 3.25. The Hall–Kier alpha value is -0.770. The molecule has 1 aliphatic carbocycles. The van der Waals surface area contributed by atoms with Gasteiger partial charge in [-0.15, -0.1) is 0 Å². The molecule has 2 aromatic carbocycles. The fraction of sp³-hybridized carbons (Fsp3) is 0.294.